The van der Waals surface area contributed by atoms with E-state index in [0.717, 1.165) is 21.8 Å². The first-order valence-corrected chi connectivity index (χ1v) is 6.91. The lowest BCUT2D eigenvalue weighted by molar-refractivity contribution is 0.239. The molecule has 1 unspecified atom stereocenters. The van der Waals surface area contributed by atoms with Gasteiger partial charge in [-0.25, -0.2) is 0 Å². The SMILES string of the molecule is CC1(C(N)c2cc3cc(Cl)ccc3o2)CCCC1. The first-order valence-electron chi connectivity index (χ1n) is 6.53. The van der Waals surface area contributed by atoms with Gasteiger partial charge in [0, 0.05) is 10.4 Å². The van der Waals surface area contributed by atoms with E-state index in [1.807, 2.05) is 24.3 Å². The highest BCUT2D eigenvalue weighted by atomic mass is 35.5. The number of halogens is 1. The van der Waals surface area contributed by atoms with Crippen molar-refractivity contribution >= 4 is 22.6 Å². The van der Waals surface area contributed by atoms with Gasteiger partial charge in [-0.1, -0.05) is 31.4 Å². The first kappa shape index (κ1) is 12.1. The number of hydrogen-bond acceptors (Lipinski definition) is 2. The predicted molar refractivity (Wildman–Crippen MR) is 74.7 cm³/mol. The molecule has 18 heavy (non-hydrogen) atoms. The van der Waals surface area contributed by atoms with E-state index in [0.29, 0.717) is 0 Å². The Hall–Kier alpha value is -0.990. The fraction of sp³-hybridized carbons (Fsp3) is 0.467. The smallest absolute Gasteiger partial charge is 0.134 e. The number of hydrogen-bond donors (Lipinski definition) is 1. The van der Waals surface area contributed by atoms with Crippen molar-refractivity contribution in [2.24, 2.45) is 11.1 Å². The van der Waals surface area contributed by atoms with Gasteiger partial charge in [-0.15, -0.1) is 0 Å². The normalized spacial score (nSPS) is 20.4. The second-order valence-electron chi connectivity index (χ2n) is 5.67. The van der Waals surface area contributed by atoms with E-state index in [1.165, 1.54) is 25.7 Å². The standard InChI is InChI=1S/C15H18ClNO/c1-15(6-2-3-7-15)14(17)13-9-10-8-11(16)4-5-12(10)18-13/h4-5,8-9,14H,2-3,6-7,17H2,1H3. The molecule has 0 spiro atoms. The molecule has 2 N–H and O–H groups in total. The van der Waals surface area contributed by atoms with Crippen LogP contribution in [0.25, 0.3) is 11.0 Å². The molecule has 0 radical (unpaired) electrons. The molecular formula is C15H18ClNO. The van der Waals surface area contributed by atoms with Crippen LogP contribution in [0, 0.1) is 5.41 Å². The molecule has 1 aliphatic carbocycles. The molecular weight excluding hydrogens is 246 g/mol. The summed E-state index contributed by atoms with van der Waals surface area (Å²) in [4.78, 5) is 0. The van der Waals surface area contributed by atoms with Crippen LogP contribution in [0.4, 0.5) is 0 Å². The molecule has 3 rings (SSSR count). The molecule has 1 fully saturated rings. The molecule has 0 aliphatic heterocycles. The lowest BCUT2D eigenvalue weighted by Crippen LogP contribution is -2.28. The molecule has 2 nitrogen and oxygen atoms in total. The Labute approximate surface area is 112 Å². The summed E-state index contributed by atoms with van der Waals surface area (Å²) in [6.45, 7) is 2.27. The molecule has 1 atom stereocenters. The summed E-state index contributed by atoms with van der Waals surface area (Å²) in [5.41, 5.74) is 7.46. The summed E-state index contributed by atoms with van der Waals surface area (Å²) in [5.74, 6) is 0.886. The molecule has 0 amide bonds. The van der Waals surface area contributed by atoms with E-state index in [1.54, 1.807) is 0 Å². The van der Waals surface area contributed by atoms with E-state index in [4.69, 9.17) is 21.8 Å². The van der Waals surface area contributed by atoms with Gasteiger partial charge in [-0.05, 0) is 42.5 Å². The summed E-state index contributed by atoms with van der Waals surface area (Å²) < 4.78 is 5.88. The molecule has 3 heteroatoms. The molecule has 1 saturated carbocycles. The van der Waals surface area contributed by atoms with Crippen LogP contribution in [0.2, 0.25) is 5.02 Å². The number of fused-ring (bicyclic) bond motifs is 1. The summed E-state index contributed by atoms with van der Waals surface area (Å²) in [7, 11) is 0. The van der Waals surface area contributed by atoms with Crippen LogP contribution in [0.1, 0.15) is 44.4 Å². The van der Waals surface area contributed by atoms with Gasteiger partial charge in [0.25, 0.3) is 0 Å². The maximum atomic E-state index is 6.41. The molecule has 96 valence electrons. The number of benzene rings is 1. The van der Waals surface area contributed by atoms with E-state index >= 15 is 0 Å². The molecule has 2 aromatic rings. The zero-order valence-corrected chi connectivity index (χ0v) is 11.3. The largest absolute Gasteiger partial charge is 0.459 e. The maximum absolute atomic E-state index is 6.41. The van der Waals surface area contributed by atoms with Gasteiger partial charge in [0.05, 0.1) is 6.04 Å². The third-order valence-electron chi connectivity index (χ3n) is 4.30. The summed E-state index contributed by atoms with van der Waals surface area (Å²) in [6, 6.07) is 7.69. The van der Waals surface area contributed by atoms with E-state index < -0.39 is 0 Å². The summed E-state index contributed by atoms with van der Waals surface area (Å²) >= 11 is 5.99. The van der Waals surface area contributed by atoms with Crippen LogP contribution in [0.3, 0.4) is 0 Å². The van der Waals surface area contributed by atoms with Crippen molar-refractivity contribution in [3.63, 3.8) is 0 Å². The number of nitrogens with two attached hydrogens (primary N) is 1. The van der Waals surface area contributed by atoms with Gasteiger partial charge in [0.15, 0.2) is 0 Å². The Morgan fingerprint density at radius 1 is 1.28 bits per heavy atom. The topological polar surface area (TPSA) is 39.2 Å². The Morgan fingerprint density at radius 2 is 2.00 bits per heavy atom. The highest BCUT2D eigenvalue weighted by Crippen LogP contribution is 2.46. The average Bonchev–Trinajstić information content (AvgIpc) is 2.94. The summed E-state index contributed by atoms with van der Waals surface area (Å²) in [6.07, 6.45) is 4.92. The molecule has 1 heterocycles. The average molecular weight is 264 g/mol. The van der Waals surface area contributed by atoms with Crippen LogP contribution in [-0.2, 0) is 0 Å². The van der Waals surface area contributed by atoms with Crippen LogP contribution in [0.15, 0.2) is 28.7 Å². The van der Waals surface area contributed by atoms with E-state index in [9.17, 15) is 0 Å². The van der Waals surface area contributed by atoms with Gasteiger partial charge in [0.1, 0.15) is 11.3 Å². The molecule has 1 aromatic carbocycles. The Bertz CT molecular complexity index is 569. The third-order valence-corrected chi connectivity index (χ3v) is 4.54. The zero-order chi connectivity index (χ0) is 12.8. The quantitative estimate of drug-likeness (QED) is 0.855. The van der Waals surface area contributed by atoms with E-state index in [-0.39, 0.29) is 11.5 Å². The monoisotopic (exact) mass is 263 g/mol. The van der Waals surface area contributed by atoms with Crippen molar-refractivity contribution in [2.75, 3.05) is 0 Å². The van der Waals surface area contributed by atoms with Gasteiger partial charge in [-0.3, -0.25) is 0 Å². The van der Waals surface area contributed by atoms with Crippen LogP contribution < -0.4 is 5.73 Å². The Balaban J connectivity index is 1.98. The predicted octanol–water partition coefficient (Wildman–Crippen LogP) is 4.67. The van der Waals surface area contributed by atoms with Gasteiger partial charge in [0.2, 0.25) is 0 Å². The van der Waals surface area contributed by atoms with Crippen molar-refractivity contribution in [1.29, 1.82) is 0 Å². The minimum absolute atomic E-state index is 0.0221. The van der Waals surface area contributed by atoms with Crippen LogP contribution in [-0.4, -0.2) is 0 Å². The molecule has 1 aliphatic rings. The molecule has 0 bridgehead atoms. The molecule has 1 aromatic heterocycles. The second kappa shape index (κ2) is 4.29. The van der Waals surface area contributed by atoms with Crippen molar-refractivity contribution in [1.82, 2.24) is 0 Å². The van der Waals surface area contributed by atoms with Crippen LogP contribution >= 0.6 is 11.6 Å². The van der Waals surface area contributed by atoms with E-state index in [2.05, 4.69) is 6.92 Å². The number of rotatable bonds is 2. The fourth-order valence-electron chi connectivity index (χ4n) is 3.03. The Morgan fingerprint density at radius 3 is 2.72 bits per heavy atom. The first-order chi connectivity index (χ1) is 8.58. The minimum Gasteiger partial charge on any atom is -0.459 e. The number of furan rings is 1. The lowest BCUT2D eigenvalue weighted by atomic mass is 9.80. The minimum atomic E-state index is -0.0221. The molecule has 0 saturated heterocycles. The maximum Gasteiger partial charge on any atom is 0.134 e. The van der Waals surface area contributed by atoms with Crippen molar-refractivity contribution in [2.45, 2.75) is 38.6 Å². The van der Waals surface area contributed by atoms with Crippen molar-refractivity contribution in [3.05, 3.63) is 35.0 Å². The highest BCUT2D eigenvalue weighted by Gasteiger charge is 2.37. The van der Waals surface area contributed by atoms with Crippen molar-refractivity contribution in [3.8, 4) is 0 Å². The van der Waals surface area contributed by atoms with Gasteiger partial charge >= 0.3 is 0 Å². The van der Waals surface area contributed by atoms with Crippen LogP contribution in [0.5, 0.6) is 0 Å². The third kappa shape index (κ3) is 1.94. The lowest BCUT2D eigenvalue weighted by Gasteiger charge is -2.29. The second-order valence-corrected chi connectivity index (χ2v) is 6.11. The van der Waals surface area contributed by atoms with Crippen molar-refractivity contribution < 1.29 is 4.42 Å². The Kier molecular flexibility index (Phi) is 2.87. The highest BCUT2D eigenvalue weighted by molar-refractivity contribution is 6.31. The van der Waals surface area contributed by atoms with Gasteiger partial charge in [-0.2, -0.15) is 0 Å². The fourth-order valence-corrected chi connectivity index (χ4v) is 3.21. The van der Waals surface area contributed by atoms with Gasteiger partial charge < -0.3 is 10.2 Å². The zero-order valence-electron chi connectivity index (χ0n) is 10.6. The summed E-state index contributed by atoms with van der Waals surface area (Å²) in [5, 5.41) is 1.77.